The van der Waals surface area contributed by atoms with E-state index in [2.05, 4.69) is 29.4 Å². The molecule has 1 aliphatic rings. The minimum absolute atomic E-state index is 0.293. The Morgan fingerprint density at radius 2 is 2.47 bits per heavy atom. The molecule has 0 fully saturated rings. The van der Waals surface area contributed by atoms with Gasteiger partial charge in [-0.25, -0.2) is 0 Å². The van der Waals surface area contributed by atoms with E-state index in [0.29, 0.717) is 6.04 Å². The Kier molecular flexibility index (Phi) is 4.56. The normalized spacial score (nSPS) is 16.4. The molecule has 1 aliphatic heterocycles. The van der Waals surface area contributed by atoms with Crippen LogP contribution in [-0.2, 0) is 11.2 Å². The molecule has 0 aromatic carbocycles. The van der Waals surface area contributed by atoms with Gasteiger partial charge in [0.25, 0.3) is 0 Å². The Bertz CT molecular complexity index is 362. The molecule has 0 aliphatic carbocycles. The minimum atomic E-state index is 0.293. The van der Waals surface area contributed by atoms with Crippen LogP contribution in [-0.4, -0.2) is 24.2 Å². The van der Waals surface area contributed by atoms with Crippen LogP contribution in [0, 0.1) is 0 Å². The number of hydrogen-bond acceptors (Lipinski definition) is 3. The van der Waals surface area contributed by atoms with E-state index in [1.165, 1.54) is 5.56 Å². The second kappa shape index (κ2) is 6.40. The summed E-state index contributed by atoms with van der Waals surface area (Å²) < 4.78 is 5.66. The molecule has 1 aromatic heterocycles. The lowest BCUT2D eigenvalue weighted by Gasteiger charge is -2.19. The Balaban J connectivity index is 2.00. The van der Waals surface area contributed by atoms with Crippen LogP contribution < -0.4 is 5.32 Å². The van der Waals surface area contributed by atoms with Gasteiger partial charge in [0.05, 0.1) is 12.6 Å². The van der Waals surface area contributed by atoms with E-state index in [1.807, 2.05) is 18.5 Å². The number of ether oxygens (including phenoxy) is 1. The SMILES string of the molecule is CCCNC(Cc1cccnc1)C1=CCCO1. The summed E-state index contributed by atoms with van der Waals surface area (Å²) in [6.07, 6.45) is 9.05. The number of pyridine rings is 1. The molecule has 3 heteroatoms. The molecular formula is C14H20N2O. The van der Waals surface area contributed by atoms with Crippen molar-refractivity contribution in [3.8, 4) is 0 Å². The van der Waals surface area contributed by atoms with Crippen LogP contribution in [0.4, 0.5) is 0 Å². The second-order valence-electron chi connectivity index (χ2n) is 4.32. The van der Waals surface area contributed by atoms with Crippen molar-refractivity contribution in [2.45, 2.75) is 32.2 Å². The van der Waals surface area contributed by atoms with Crippen molar-refractivity contribution in [2.24, 2.45) is 0 Å². The largest absolute Gasteiger partial charge is 0.496 e. The van der Waals surface area contributed by atoms with Crippen LogP contribution in [0.25, 0.3) is 0 Å². The third kappa shape index (κ3) is 3.56. The van der Waals surface area contributed by atoms with Crippen LogP contribution in [0.1, 0.15) is 25.3 Å². The highest BCUT2D eigenvalue weighted by Gasteiger charge is 2.18. The fraction of sp³-hybridized carbons (Fsp3) is 0.500. The van der Waals surface area contributed by atoms with E-state index >= 15 is 0 Å². The van der Waals surface area contributed by atoms with Crippen molar-refractivity contribution >= 4 is 0 Å². The lowest BCUT2D eigenvalue weighted by atomic mass is 10.1. The third-order valence-electron chi connectivity index (χ3n) is 2.88. The summed E-state index contributed by atoms with van der Waals surface area (Å²) in [6, 6.07) is 4.39. The number of hydrogen-bond donors (Lipinski definition) is 1. The summed E-state index contributed by atoms with van der Waals surface area (Å²) in [6.45, 7) is 4.02. The smallest absolute Gasteiger partial charge is 0.109 e. The van der Waals surface area contributed by atoms with Crippen LogP contribution in [0.3, 0.4) is 0 Å². The van der Waals surface area contributed by atoms with E-state index in [9.17, 15) is 0 Å². The Morgan fingerprint density at radius 1 is 1.53 bits per heavy atom. The summed E-state index contributed by atoms with van der Waals surface area (Å²) in [5.74, 6) is 1.10. The maximum absolute atomic E-state index is 5.66. The van der Waals surface area contributed by atoms with Crippen LogP contribution in [0.2, 0.25) is 0 Å². The van der Waals surface area contributed by atoms with Gasteiger partial charge < -0.3 is 10.1 Å². The third-order valence-corrected chi connectivity index (χ3v) is 2.88. The van der Waals surface area contributed by atoms with Gasteiger partial charge >= 0.3 is 0 Å². The highest BCUT2D eigenvalue weighted by Crippen LogP contribution is 2.17. The molecule has 1 unspecified atom stereocenters. The second-order valence-corrected chi connectivity index (χ2v) is 4.32. The van der Waals surface area contributed by atoms with Gasteiger partial charge in [0.2, 0.25) is 0 Å². The molecule has 1 N–H and O–H groups in total. The van der Waals surface area contributed by atoms with Gasteiger partial charge in [0.15, 0.2) is 0 Å². The molecule has 3 nitrogen and oxygen atoms in total. The summed E-state index contributed by atoms with van der Waals surface area (Å²) in [5, 5.41) is 3.54. The topological polar surface area (TPSA) is 34.2 Å². The fourth-order valence-electron chi connectivity index (χ4n) is 2.03. The van der Waals surface area contributed by atoms with Crippen molar-refractivity contribution in [3.05, 3.63) is 41.9 Å². The summed E-state index contributed by atoms with van der Waals surface area (Å²) in [7, 11) is 0. The predicted molar refractivity (Wildman–Crippen MR) is 68.7 cm³/mol. The first-order valence-electron chi connectivity index (χ1n) is 6.35. The Labute approximate surface area is 103 Å². The molecule has 92 valence electrons. The van der Waals surface area contributed by atoms with Gasteiger partial charge in [-0.3, -0.25) is 4.98 Å². The highest BCUT2D eigenvalue weighted by molar-refractivity contribution is 5.16. The first-order chi connectivity index (χ1) is 8.40. The lowest BCUT2D eigenvalue weighted by Crippen LogP contribution is -2.33. The predicted octanol–water partition coefficient (Wildman–Crippen LogP) is 2.30. The average Bonchev–Trinajstić information content (AvgIpc) is 2.89. The van der Waals surface area contributed by atoms with E-state index in [4.69, 9.17) is 4.74 Å². The number of rotatable bonds is 6. The molecule has 1 aromatic rings. The first-order valence-corrected chi connectivity index (χ1v) is 6.35. The molecule has 0 saturated heterocycles. The molecule has 0 saturated carbocycles. The standard InChI is InChI=1S/C14H20N2O/c1-2-7-16-13(14-6-4-9-17-14)10-12-5-3-8-15-11-12/h3,5-6,8,11,13,16H,2,4,7,9-10H2,1H3. The lowest BCUT2D eigenvalue weighted by molar-refractivity contribution is 0.214. The molecule has 0 spiro atoms. The van der Waals surface area contributed by atoms with Gasteiger partial charge in [-0.15, -0.1) is 0 Å². The average molecular weight is 232 g/mol. The quantitative estimate of drug-likeness (QED) is 0.817. The van der Waals surface area contributed by atoms with Gasteiger partial charge in [0, 0.05) is 18.8 Å². The molecule has 2 heterocycles. The zero-order valence-electron chi connectivity index (χ0n) is 10.4. The highest BCUT2D eigenvalue weighted by atomic mass is 16.5. The number of nitrogens with one attached hydrogen (secondary N) is 1. The van der Waals surface area contributed by atoms with Gasteiger partial charge in [-0.1, -0.05) is 13.0 Å². The minimum Gasteiger partial charge on any atom is -0.496 e. The van der Waals surface area contributed by atoms with Crippen LogP contribution >= 0.6 is 0 Å². The zero-order valence-corrected chi connectivity index (χ0v) is 10.4. The van der Waals surface area contributed by atoms with E-state index < -0.39 is 0 Å². The summed E-state index contributed by atoms with van der Waals surface area (Å²) in [5.41, 5.74) is 1.25. The number of aromatic nitrogens is 1. The van der Waals surface area contributed by atoms with Crippen molar-refractivity contribution in [1.82, 2.24) is 10.3 Å². The first kappa shape index (κ1) is 12.1. The molecule has 17 heavy (non-hydrogen) atoms. The van der Waals surface area contributed by atoms with Gasteiger partial charge in [0.1, 0.15) is 5.76 Å². The van der Waals surface area contributed by atoms with Crippen molar-refractivity contribution in [3.63, 3.8) is 0 Å². The van der Waals surface area contributed by atoms with Crippen molar-refractivity contribution in [2.75, 3.05) is 13.2 Å². The molecule has 1 atom stereocenters. The Morgan fingerprint density at radius 3 is 3.12 bits per heavy atom. The fourth-order valence-corrected chi connectivity index (χ4v) is 2.03. The van der Waals surface area contributed by atoms with Crippen molar-refractivity contribution in [1.29, 1.82) is 0 Å². The van der Waals surface area contributed by atoms with Crippen LogP contribution in [0.15, 0.2) is 36.4 Å². The molecule has 2 rings (SSSR count). The van der Waals surface area contributed by atoms with E-state index in [0.717, 1.165) is 38.2 Å². The molecule has 0 bridgehead atoms. The van der Waals surface area contributed by atoms with Gasteiger partial charge in [-0.05, 0) is 37.1 Å². The summed E-state index contributed by atoms with van der Waals surface area (Å²) >= 11 is 0. The molecular weight excluding hydrogens is 212 g/mol. The monoisotopic (exact) mass is 232 g/mol. The van der Waals surface area contributed by atoms with Crippen LogP contribution in [0.5, 0.6) is 0 Å². The van der Waals surface area contributed by atoms with Gasteiger partial charge in [-0.2, -0.15) is 0 Å². The maximum Gasteiger partial charge on any atom is 0.109 e. The molecule has 0 amide bonds. The van der Waals surface area contributed by atoms with E-state index in [-0.39, 0.29) is 0 Å². The Hall–Kier alpha value is -1.35. The maximum atomic E-state index is 5.66. The summed E-state index contributed by atoms with van der Waals surface area (Å²) in [4.78, 5) is 4.16. The van der Waals surface area contributed by atoms with E-state index in [1.54, 1.807) is 0 Å². The molecule has 0 radical (unpaired) electrons. The number of nitrogens with zero attached hydrogens (tertiary/aromatic N) is 1. The van der Waals surface area contributed by atoms with Crippen molar-refractivity contribution < 1.29 is 4.74 Å². The zero-order chi connectivity index (χ0) is 11.9.